The van der Waals surface area contributed by atoms with Crippen molar-refractivity contribution in [2.45, 2.75) is 67.0 Å². The average Bonchev–Trinajstić information content (AvgIpc) is 3.38. The summed E-state index contributed by atoms with van der Waals surface area (Å²) in [6.45, 7) is 13.9. The highest BCUT2D eigenvalue weighted by Crippen LogP contribution is 2.20. The summed E-state index contributed by atoms with van der Waals surface area (Å²) in [5.41, 5.74) is 3.42. The van der Waals surface area contributed by atoms with Crippen molar-refractivity contribution in [3.05, 3.63) is 113 Å². The maximum absolute atomic E-state index is 12.0. The summed E-state index contributed by atoms with van der Waals surface area (Å²) in [6, 6.07) is 28.9. The molecule has 0 N–H and O–H groups in total. The van der Waals surface area contributed by atoms with Gasteiger partial charge in [-0.2, -0.15) is 0 Å². The lowest BCUT2D eigenvalue weighted by atomic mass is 10.0. The van der Waals surface area contributed by atoms with E-state index in [1.54, 1.807) is 22.9 Å². The van der Waals surface area contributed by atoms with Gasteiger partial charge in [-0.05, 0) is 52.6 Å². The fourth-order valence-electron chi connectivity index (χ4n) is 4.08. The molecule has 1 aromatic heterocycles. The Kier molecular flexibility index (Phi) is 12.9. The number of hydrogen-bond acceptors (Lipinski definition) is 3. The quantitative estimate of drug-likeness (QED) is 0.281. The molecule has 37 heavy (non-hydrogen) atoms. The van der Waals surface area contributed by atoms with Gasteiger partial charge in [-0.25, -0.2) is 0 Å². The molecule has 4 heteroatoms. The number of aliphatic imine (C=N–C) groups is 1. The largest absolute Gasteiger partial charge is 0.353 e. The minimum atomic E-state index is -0.0176. The first kappa shape index (κ1) is 29.6. The molecule has 0 saturated carbocycles. The lowest BCUT2D eigenvalue weighted by molar-refractivity contribution is 0.341. The highest BCUT2D eigenvalue weighted by atomic mass is 16.1. The highest BCUT2D eigenvalue weighted by molar-refractivity contribution is 5.83. The third-order valence-electron chi connectivity index (χ3n) is 5.70. The topological polar surface area (TPSA) is 37.6 Å². The lowest BCUT2D eigenvalue weighted by Gasteiger charge is -2.24. The van der Waals surface area contributed by atoms with Crippen molar-refractivity contribution in [3.63, 3.8) is 0 Å². The Balaban J connectivity index is 0.000000630. The average molecular weight is 498 g/mol. The second-order valence-corrected chi connectivity index (χ2v) is 8.47. The predicted octanol–water partition coefficient (Wildman–Crippen LogP) is 7.91. The molecule has 1 unspecified atom stereocenters. The van der Waals surface area contributed by atoms with Crippen LogP contribution in [0.3, 0.4) is 0 Å². The van der Waals surface area contributed by atoms with Crippen molar-refractivity contribution < 1.29 is 0 Å². The summed E-state index contributed by atoms with van der Waals surface area (Å²) >= 11 is 0. The van der Waals surface area contributed by atoms with Crippen LogP contribution in [0, 0.1) is 0 Å². The van der Waals surface area contributed by atoms with Gasteiger partial charge in [0.1, 0.15) is 0 Å². The van der Waals surface area contributed by atoms with E-state index in [0.717, 1.165) is 25.2 Å². The lowest BCUT2D eigenvalue weighted by Crippen LogP contribution is -2.32. The molecule has 0 fully saturated rings. The molecule has 0 bridgehead atoms. The van der Waals surface area contributed by atoms with Gasteiger partial charge in [0.2, 0.25) is 0 Å². The van der Waals surface area contributed by atoms with Crippen molar-refractivity contribution >= 4 is 17.1 Å². The van der Waals surface area contributed by atoms with Crippen LogP contribution < -0.4 is 5.56 Å². The van der Waals surface area contributed by atoms with Crippen LogP contribution in [0.25, 0.3) is 16.5 Å². The normalized spacial score (nSPS) is 13.6. The number of hydrogen-bond donors (Lipinski definition) is 0. The Labute approximate surface area is 223 Å². The van der Waals surface area contributed by atoms with Crippen molar-refractivity contribution in [3.8, 4) is 5.69 Å². The van der Waals surface area contributed by atoms with Crippen LogP contribution in [0.5, 0.6) is 0 Å². The van der Waals surface area contributed by atoms with Gasteiger partial charge in [0.15, 0.2) is 0 Å². The molecule has 3 aromatic carbocycles. The molecule has 0 radical (unpaired) electrons. The highest BCUT2D eigenvalue weighted by Gasteiger charge is 2.21. The van der Waals surface area contributed by atoms with Crippen LogP contribution in [0.15, 0.2) is 101 Å². The molecule has 0 aliphatic carbocycles. The minimum absolute atomic E-state index is 0.0176. The van der Waals surface area contributed by atoms with Gasteiger partial charge in [0.25, 0.3) is 5.56 Å². The molecule has 0 spiro atoms. The van der Waals surface area contributed by atoms with E-state index in [4.69, 9.17) is 0 Å². The van der Waals surface area contributed by atoms with Gasteiger partial charge >= 0.3 is 0 Å². The Bertz CT molecular complexity index is 1270. The first-order valence-electron chi connectivity index (χ1n) is 13.7. The van der Waals surface area contributed by atoms with E-state index in [2.05, 4.69) is 78.3 Å². The zero-order valence-corrected chi connectivity index (χ0v) is 23.4. The molecule has 1 aliphatic heterocycles. The first-order valence-corrected chi connectivity index (χ1v) is 13.7. The second-order valence-electron chi connectivity index (χ2n) is 8.47. The van der Waals surface area contributed by atoms with E-state index in [9.17, 15) is 4.79 Å². The van der Waals surface area contributed by atoms with Gasteiger partial charge in [-0.15, -0.1) is 0 Å². The van der Waals surface area contributed by atoms with Crippen molar-refractivity contribution in [2.24, 2.45) is 4.99 Å². The summed E-state index contributed by atoms with van der Waals surface area (Å²) < 4.78 is 1.66. The van der Waals surface area contributed by atoms with Crippen molar-refractivity contribution in [1.29, 1.82) is 0 Å². The predicted molar refractivity (Wildman–Crippen MR) is 161 cm³/mol. The molecule has 4 aromatic rings. The van der Waals surface area contributed by atoms with Crippen molar-refractivity contribution in [1.82, 2.24) is 9.47 Å². The van der Waals surface area contributed by atoms with Gasteiger partial charge in [0.05, 0.1) is 18.9 Å². The standard InChI is InChI=1S/C26H23N3O.C3H8.2C2H6/c30-26-7-3-4-14-29(26)24-12-9-20(10-13-24)16-25-17-27-19-28(25)18-21-8-11-22-5-1-2-6-23(22)15-21;1-3-2;2*1-2/h1-15,19,25H,16-18H2;3H2,1-2H3;2*1-2H3. The molecule has 0 saturated heterocycles. The second kappa shape index (κ2) is 16.2. The maximum atomic E-state index is 12.0. The van der Waals surface area contributed by atoms with Gasteiger partial charge in [-0.3, -0.25) is 14.4 Å². The van der Waals surface area contributed by atoms with Crippen molar-refractivity contribution in [2.75, 3.05) is 6.54 Å². The Morgan fingerprint density at radius 2 is 1.41 bits per heavy atom. The van der Waals surface area contributed by atoms with Gasteiger partial charge < -0.3 is 4.90 Å². The number of rotatable bonds is 5. The first-order chi connectivity index (χ1) is 18.2. The zero-order valence-electron chi connectivity index (χ0n) is 23.4. The van der Waals surface area contributed by atoms with E-state index in [-0.39, 0.29) is 5.56 Å². The molecule has 1 aliphatic rings. The van der Waals surface area contributed by atoms with Crippen LogP contribution in [-0.4, -0.2) is 28.4 Å². The maximum Gasteiger partial charge on any atom is 0.255 e. The van der Waals surface area contributed by atoms with Crippen LogP contribution in [0.2, 0.25) is 0 Å². The SMILES string of the molecule is CC.CC.CCC.O=c1ccccn1-c1ccc(CC2CN=CN2Cc2ccc3ccccc3c2)cc1. The molecule has 196 valence electrons. The van der Waals surface area contributed by atoms with E-state index in [0.29, 0.717) is 6.04 Å². The fourth-order valence-corrected chi connectivity index (χ4v) is 4.08. The monoisotopic (exact) mass is 497 g/mol. The van der Waals surface area contributed by atoms with Gasteiger partial charge in [-0.1, -0.05) is 103 Å². The molecular formula is C33H43N3O. The summed E-state index contributed by atoms with van der Waals surface area (Å²) in [6.07, 6.45) is 5.96. The summed E-state index contributed by atoms with van der Waals surface area (Å²) in [7, 11) is 0. The number of nitrogens with zero attached hydrogens (tertiary/aromatic N) is 3. The van der Waals surface area contributed by atoms with Gasteiger partial charge in [0, 0.05) is 24.5 Å². The molecule has 4 nitrogen and oxygen atoms in total. The Morgan fingerprint density at radius 1 is 0.784 bits per heavy atom. The third-order valence-corrected chi connectivity index (χ3v) is 5.70. The molecular weight excluding hydrogens is 454 g/mol. The van der Waals surface area contributed by atoms with Crippen LogP contribution in [0.1, 0.15) is 59.1 Å². The zero-order chi connectivity index (χ0) is 27.0. The molecule has 0 amide bonds. The fraction of sp³-hybridized carbons (Fsp3) is 0.333. The molecule has 1 atom stereocenters. The Morgan fingerprint density at radius 3 is 2.08 bits per heavy atom. The summed E-state index contributed by atoms with van der Waals surface area (Å²) in [4.78, 5) is 18.9. The van der Waals surface area contributed by atoms with E-state index in [1.165, 1.54) is 28.3 Å². The molecule has 5 rings (SSSR count). The van der Waals surface area contributed by atoms with E-state index in [1.807, 2.05) is 52.2 Å². The van der Waals surface area contributed by atoms with E-state index < -0.39 is 0 Å². The molecule has 2 heterocycles. The van der Waals surface area contributed by atoms with Crippen LogP contribution in [0.4, 0.5) is 0 Å². The summed E-state index contributed by atoms with van der Waals surface area (Å²) in [5, 5.41) is 2.54. The van der Waals surface area contributed by atoms with Crippen LogP contribution in [-0.2, 0) is 13.0 Å². The van der Waals surface area contributed by atoms with E-state index >= 15 is 0 Å². The third kappa shape index (κ3) is 8.45. The summed E-state index contributed by atoms with van der Waals surface area (Å²) in [5.74, 6) is 0. The number of benzene rings is 3. The smallest absolute Gasteiger partial charge is 0.255 e. The number of aromatic nitrogens is 1. The van der Waals surface area contributed by atoms with Crippen LogP contribution >= 0.6 is 0 Å². The Hall–Kier alpha value is -3.66. The number of fused-ring (bicyclic) bond motifs is 1. The number of pyridine rings is 1. The minimum Gasteiger partial charge on any atom is -0.353 e.